The van der Waals surface area contributed by atoms with Gasteiger partial charge in [-0.1, -0.05) is 16.8 Å². The molecule has 1 aliphatic rings. The fourth-order valence-corrected chi connectivity index (χ4v) is 2.78. The Balaban J connectivity index is 0.00000208. The Morgan fingerprint density at radius 1 is 1.25 bits per heavy atom. The molecule has 8 heteroatoms. The van der Waals surface area contributed by atoms with Crippen molar-refractivity contribution < 1.29 is 14.0 Å². The van der Waals surface area contributed by atoms with Gasteiger partial charge in [-0.25, -0.2) is 0 Å². The molecule has 6 nitrogen and oxygen atoms in total. The Bertz CT molecular complexity index is 742. The van der Waals surface area contributed by atoms with Crippen molar-refractivity contribution in [2.45, 2.75) is 24.8 Å². The molecule has 130 valence electrons. The third kappa shape index (κ3) is 3.50. The minimum absolute atomic E-state index is 0. The van der Waals surface area contributed by atoms with Gasteiger partial charge >= 0.3 is 0 Å². The first-order chi connectivity index (χ1) is 11.1. The number of nitrogens with zero attached hydrogens (tertiary/aromatic N) is 2. The number of nitrogens with two attached hydrogens (primary N) is 1. The summed E-state index contributed by atoms with van der Waals surface area (Å²) in [5.41, 5.74) is 6.58. The molecule has 24 heavy (non-hydrogen) atoms. The molecule has 0 radical (unpaired) electrons. The normalized spacial score (nSPS) is 15.7. The fraction of sp³-hybridized carbons (Fsp3) is 0.375. The number of ether oxygens (including phenoxy) is 2. The van der Waals surface area contributed by atoms with Crippen LogP contribution in [-0.2, 0) is 5.54 Å². The number of hydrogen-bond acceptors (Lipinski definition) is 6. The molecule has 2 aromatic rings. The molecule has 3 rings (SSSR count). The summed E-state index contributed by atoms with van der Waals surface area (Å²) in [6.45, 7) is 0. The lowest BCUT2D eigenvalue weighted by molar-refractivity contribution is 0.229. The number of aromatic nitrogens is 2. The summed E-state index contributed by atoms with van der Waals surface area (Å²) in [5.74, 6) is 2.03. The number of methoxy groups -OCH3 is 2. The van der Waals surface area contributed by atoms with Crippen molar-refractivity contribution in [2.75, 3.05) is 14.2 Å². The van der Waals surface area contributed by atoms with Crippen molar-refractivity contribution in [1.82, 2.24) is 10.1 Å². The highest BCUT2D eigenvalue weighted by Gasteiger charge is 2.38. The number of rotatable bonds is 5. The first-order valence-electron chi connectivity index (χ1n) is 7.28. The highest BCUT2D eigenvalue weighted by atomic mass is 35.5. The Morgan fingerprint density at radius 2 is 2.00 bits per heavy atom. The van der Waals surface area contributed by atoms with E-state index >= 15 is 0 Å². The fourth-order valence-electron chi connectivity index (χ4n) is 2.49. The van der Waals surface area contributed by atoms with E-state index in [1.165, 1.54) is 0 Å². The molecule has 1 aliphatic carbocycles. The van der Waals surface area contributed by atoms with Crippen LogP contribution in [0.1, 0.15) is 36.5 Å². The van der Waals surface area contributed by atoms with Gasteiger partial charge in [0.15, 0.2) is 17.3 Å². The lowest BCUT2D eigenvalue weighted by Gasteiger charge is -2.34. The summed E-state index contributed by atoms with van der Waals surface area (Å²) in [7, 11) is 3.10. The van der Waals surface area contributed by atoms with Crippen LogP contribution >= 0.6 is 24.0 Å². The van der Waals surface area contributed by atoms with E-state index in [0.717, 1.165) is 24.8 Å². The monoisotopic (exact) mass is 371 g/mol. The summed E-state index contributed by atoms with van der Waals surface area (Å²) in [6, 6.07) is 3.59. The van der Waals surface area contributed by atoms with Gasteiger partial charge in [0.05, 0.1) is 24.8 Å². The molecule has 1 aromatic carbocycles. The van der Waals surface area contributed by atoms with Crippen molar-refractivity contribution in [3.8, 4) is 11.5 Å². The molecule has 2 N–H and O–H groups in total. The van der Waals surface area contributed by atoms with E-state index in [9.17, 15) is 0 Å². The topological polar surface area (TPSA) is 83.4 Å². The average Bonchev–Trinajstić information content (AvgIpc) is 2.99. The van der Waals surface area contributed by atoms with Crippen LogP contribution in [0.2, 0.25) is 5.02 Å². The Morgan fingerprint density at radius 3 is 2.58 bits per heavy atom. The first kappa shape index (κ1) is 18.6. The van der Waals surface area contributed by atoms with E-state index in [1.807, 2.05) is 12.1 Å². The zero-order chi connectivity index (χ0) is 16.4. The summed E-state index contributed by atoms with van der Waals surface area (Å²) < 4.78 is 15.7. The number of benzene rings is 1. The van der Waals surface area contributed by atoms with Gasteiger partial charge in [-0.2, -0.15) is 4.98 Å². The quantitative estimate of drug-likeness (QED) is 0.862. The van der Waals surface area contributed by atoms with Crippen LogP contribution in [0.15, 0.2) is 16.7 Å². The molecular formula is C16H19Cl2N3O3. The second-order valence-electron chi connectivity index (χ2n) is 5.54. The van der Waals surface area contributed by atoms with Crippen LogP contribution in [0.4, 0.5) is 0 Å². The van der Waals surface area contributed by atoms with Gasteiger partial charge in [0, 0.05) is 6.08 Å². The second-order valence-corrected chi connectivity index (χ2v) is 5.94. The van der Waals surface area contributed by atoms with Crippen LogP contribution < -0.4 is 15.2 Å². The molecule has 0 bridgehead atoms. The molecule has 0 amide bonds. The van der Waals surface area contributed by atoms with E-state index in [4.69, 9.17) is 31.3 Å². The summed E-state index contributed by atoms with van der Waals surface area (Å²) in [5, 5.41) is 4.43. The smallest absolute Gasteiger partial charge is 0.250 e. The van der Waals surface area contributed by atoms with Crippen molar-refractivity contribution in [3.05, 3.63) is 34.4 Å². The zero-order valence-electron chi connectivity index (χ0n) is 13.4. The molecule has 0 saturated heterocycles. The molecule has 1 aromatic heterocycles. The highest BCUT2D eigenvalue weighted by molar-refractivity contribution is 6.32. The minimum atomic E-state index is -0.428. The zero-order valence-corrected chi connectivity index (χ0v) is 15.0. The van der Waals surface area contributed by atoms with Crippen LogP contribution in [0.5, 0.6) is 11.5 Å². The summed E-state index contributed by atoms with van der Waals surface area (Å²) in [4.78, 5) is 4.34. The van der Waals surface area contributed by atoms with Crippen molar-refractivity contribution in [1.29, 1.82) is 0 Å². The third-order valence-corrected chi connectivity index (χ3v) is 4.29. The number of hydrogen-bond donors (Lipinski definition) is 1. The maximum absolute atomic E-state index is 6.18. The van der Waals surface area contributed by atoms with E-state index < -0.39 is 5.54 Å². The van der Waals surface area contributed by atoms with E-state index in [-0.39, 0.29) is 12.4 Å². The predicted molar refractivity (Wildman–Crippen MR) is 94.7 cm³/mol. The van der Waals surface area contributed by atoms with Crippen molar-refractivity contribution >= 4 is 36.2 Å². The van der Waals surface area contributed by atoms with Gasteiger partial charge < -0.3 is 19.7 Å². The SMILES string of the molecule is COc1cc(/C=C/c2nc(C3(N)CCC3)no2)cc(Cl)c1OC.Cl. The van der Waals surface area contributed by atoms with Crippen LogP contribution in [0, 0.1) is 0 Å². The Labute approximate surface area is 151 Å². The molecule has 1 saturated carbocycles. The lowest BCUT2D eigenvalue weighted by atomic mass is 9.77. The van der Waals surface area contributed by atoms with Gasteiger partial charge in [0.2, 0.25) is 0 Å². The van der Waals surface area contributed by atoms with Crippen LogP contribution in [0.3, 0.4) is 0 Å². The molecule has 0 atom stereocenters. The average molecular weight is 372 g/mol. The van der Waals surface area contributed by atoms with Gasteiger partial charge in [-0.15, -0.1) is 12.4 Å². The van der Waals surface area contributed by atoms with Gasteiger partial charge in [0.25, 0.3) is 5.89 Å². The van der Waals surface area contributed by atoms with E-state index in [1.54, 1.807) is 26.4 Å². The van der Waals surface area contributed by atoms with Gasteiger partial charge in [-0.3, -0.25) is 0 Å². The van der Waals surface area contributed by atoms with Crippen LogP contribution in [0.25, 0.3) is 12.2 Å². The molecule has 0 aliphatic heterocycles. The maximum atomic E-state index is 6.18. The molecule has 1 heterocycles. The van der Waals surface area contributed by atoms with Gasteiger partial charge in [-0.05, 0) is 43.0 Å². The lowest BCUT2D eigenvalue weighted by Crippen LogP contribution is -2.44. The second kappa shape index (κ2) is 7.42. The minimum Gasteiger partial charge on any atom is -0.493 e. The van der Waals surface area contributed by atoms with Crippen LogP contribution in [-0.4, -0.2) is 24.4 Å². The van der Waals surface area contributed by atoms with Crippen molar-refractivity contribution in [3.63, 3.8) is 0 Å². The Hall–Kier alpha value is -1.76. The molecular weight excluding hydrogens is 353 g/mol. The van der Waals surface area contributed by atoms with E-state index in [0.29, 0.717) is 28.2 Å². The first-order valence-corrected chi connectivity index (χ1v) is 7.66. The van der Waals surface area contributed by atoms with Crippen molar-refractivity contribution in [2.24, 2.45) is 5.73 Å². The standard InChI is InChI=1S/C16H18ClN3O3.ClH/c1-21-12-9-10(8-11(17)14(12)22-2)4-5-13-19-15(20-23-13)16(18)6-3-7-16;/h4-5,8-9H,3,6-7,18H2,1-2H3;1H/b5-4+;. The van der Waals surface area contributed by atoms with E-state index in [2.05, 4.69) is 10.1 Å². The maximum Gasteiger partial charge on any atom is 0.250 e. The molecule has 1 fully saturated rings. The summed E-state index contributed by atoms with van der Waals surface area (Å²) >= 11 is 6.18. The third-order valence-electron chi connectivity index (χ3n) is 4.01. The summed E-state index contributed by atoms with van der Waals surface area (Å²) in [6.07, 6.45) is 6.41. The van der Waals surface area contributed by atoms with Gasteiger partial charge in [0.1, 0.15) is 0 Å². The molecule has 0 unspecified atom stereocenters. The highest BCUT2D eigenvalue weighted by Crippen LogP contribution is 2.38. The predicted octanol–water partition coefficient (Wildman–Crippen LogP) is 3.67. The largest absolute Gasteiger partial charge is 0.493 e. The Kier molecular flexibility index (Phi) is 5.74. The molecule has 0 spiro atoms. The number of halogens is 2.